The SMILES string of the molecule is C=CCOc1ccc(C2c3c(oc4ccc(F)cc4c3=O)C(=O)N2CCN(CC)CC)cc1OCC. The normalized spacial score (nSPS) is 15.0. The Kier molecular flexibility index (Phi) is 7.74. The second-order valence-electron chi connectivity index (χ2n) is 8.48. The number of nitrogens with zero attached hydrogens (tertiary/aromatic N) is 2. The molecular formula is C28H31FN2O5. The average Bonchev–Trinajstić information content (AvgIpc) is 3.16. The number of likely N-dealkylation sites (N-methyl/N-ethyl adjacent to an activating group) is 1. The van der Waals surface area contributed by atoms with Crippen molar-refractivity contribution in [2.24, 2.45) is 0 Å². The van der Waals surface area contributed by atoms with Gasteiger partial charge in [0, 0.05) is 13.1 Å². The van der Waals surface area contributed by atoms with Crippen molar-refractivity contribution < 1.29 is 23.1 Å². The van der Waals surface area contributed by atoms with Crippen LogP contribution in [0.3, 0.4) is 0 Å². The summed E-state index contributed by atoms with van der Waals surface area (Å²) in [6.07, 6.45) is 1.64. The second kappa shape index (κ2) is 11.0. The molecule has 1 aromatic heterocycles. The third-order valence-corrected chi connectivity index (χ3v) is 6.42. The van der Waals surface area contributed by atoms with Gasteiger partial charge in [-0.3, -0.25) is 9.59 Å². The molecule has 8 heteroatoms. The smallest absolute Gasteiger partial charge is 0.290 e. The van der Waals surface area contributed by atoms with Gasteiger partial charge in [-0.15, -0.1) is 0 Å². The van der Waals surface area contributed by atoms with Gasteiger partial charge in [-0.1, -0.05) is 32.6 Å². The highest BCUT2D eigenvalue weighted by atomic mass is 19.1. The Morgan fingerprint density at radius 1 is 1.08 bits per heavy atom. The maximum atomic E-state index is 14.0. The minimum Gasteiger partial charge on any atom is -0.490 e. The zero-order valence-corrected chi connectivity index (χ0v) is 20.9. The molecule has 0 saturated heterocycles. The van der Waals surface area contributed by atoms with Gasteiger partial charge in [0.2, 0.25) is 5.76 Å². The Morgan fingerprint density at radius 2 is 1.86 bits per heavy atom. The minimum atomic E-state index is -0.709. The van der Waals surface area contributed by atoms with E-state index in [1.807, 2.05) is 13.0 Å². The van der Waals surface area contributed by atoms with Gasteiger partial charge in [-0.25, -0.2) is 4.39 Å². The van der Waals surface area contributed by atoms with Crippen LogP contribution in [-0.2, 0) is 0 Å². The fraction of sp³-hybridized carbons (Fsp3) is 0.357. The quantitative estimate of drug-likeness (QED) is 0.357. The van der Waals surface area contributed by atoms with Crippen molar-refractivity contribution in [2.75, 3.05) is 39.4 Å². The molecule has 0 saturated carbocycles. The van der Waals surface area contributed by atoms with Crippen molar-refractivity contribution in [3.63, 3.8) is 0 Å². The van der Waals surface area contributed by atoms with E-state index in [0.29, 0.717) is 43.4 Å². The summed E-state index contributed by atoms with van der Waals surface area (Å²) in [4.78, 5) is 31.1. The molecule has 3 aromatic rings. The number of hydrogen-bond acceptors (Lipinski definition) is 6. The summed E-state index contributed by atoms with van der Waals surface area (Å²) in [7, 11) is 0. The van der Waals surface area contributed by atoms with E-state index in [-0.39, 0.29) is 28.2 Å². The first kappa shape index (κ1) is 25.4. The Balaban J connectivity index is 1.87. The van der Waals surface area contributed by atoms with Gasteiger partial charge >= 0.3 is 0 Å². The van der Waals surface area contributed by atoms with E-state index in [1.54, 1.807) is 23.1 Å². The molecule has 2 heterocycles. The summed E-state index contributed by atoms with van der Waals surface area (Å²) in [5, 5.41) is 0.105. The number of ether oxygens (including phenoxy) is 2. The summed E-state index contributed by atoms with van der Waals surface area (Å²) < 4.78 is 31.5. The second-order valence-corrected chi connectivity index (χ2v) is 8.48. The molecule has 1 amide bonds. The molecule has 0 N–H and O–H groups in total. The van der Waals surface area contributed by atoms with Crippen molar-refractivity contribution in [2.45, 2.75) is 26.8 Å². The first-order chi connectivity index (χ1) is 17.4. The number of carbonyl (C=O) groups excluding carboxylic acids is 1. The standard InChI is InChI=1S/C28H31FN2O5/c1-5-15-35-22-11-9-18(16-23(22)34-8-4)25-24-26(32)20-17-19(29)10-12-21(20)36-27(24)28(33)31(25)14-13-30(6-2)7-3/h5,9-12,16-17,25H,1,6-8,13-15H2,2-4H3. The third kappa shape index (κ3) is 4.73. The molecule has 7 nitrogen and oxygen atoms in total. The number of carbonyl (C=O) groups is 1. The van der Waals surface area contributed by atoms with Crippen molar-refractivity contribution >= 4 is 16.9 Å². The zero-order valence-electron chi connectivity index (χ0n) is 20.9. The van der Waals surface area contributed by atoms with Crippen LogP contribution < -0.4 is 14.9 Å². The molecule has 0 bridgehead atoms. The molecule has 1 atom stereocenters. The van der Waals surface area contributed by atoms with Crippen LogP contribution in [0.5, 0.6) is 11.5 Å². The summed E-state index contributed by atoms with van der Waals surface area (Å²) >= 11 is 0. The summed E-state index contributed by atoms with van der Waals surface area (Å²) in [6, 6.07) is 8.40. The molecule has 0 aliphatic carbocycles. The Labute approximate surface area is 209 Å². The van der Waals surface area contributed by atoms with Crippen LogP contribution in [0.25, 0.3) is 11.0 Å². The first-order valence-corrected chi connectivity index (χ1v) is 12.2. The highest BCUT2D eigenvalue weighted by molar-refractivity contribution is 5.99. The van der Waals surface area contributed by atoms with E-state index >= 15 is 0 Å². The van der Waals surface area contributed by atoms with E-state index < -0.39 is 17.3 Å². The van der Waals surface area contributed by atoms with Gasteiger partial charge < -0.3 is 23.7 Å². The number of amides is 1. The van der Waals surface area contributed by atoms with Gasteiger partial charge in [0.05, 0.1) is 23.6 Å². The lowest BCUT2D eigenvalue weighted by atomic mass is 9.98. The van der Waals surface area contributed by atoms with Crippen molar-refractivity contribution in [3.8, 4) is 11.5 Å². The van der Waals surface area contributed by atoms with Crippen LogP contribution in [0.4, 0.5) is 4.39 Å². The fourth-order valence-corrected chi connectivity index (χ4v) is 4.59. The highest BCUT2D eigenvalue weighted by Gasteiger charge is 2.43. The lowest BCUT2D eigenvalue weighted by Gasteiger charge is -2.28. The predicted octanol–water partition coefficient (Wildman–Crippen LogP) is 4.78. The number of benzene rings is 2. The van der Waals surface area contributed by atoms with E-state index in [1.165, 1.54) is 12.1 Å². The van der Waals surface area contributed by atoms with Crippen LogP contribution in [0.2, 0.25) is 0 Å². The highest BCUT2D eigenvalue weighted by Crippen LogP contribution is 2.41. The summed E-state index contributed by atoms with van der Waals surface area (Å²) in [6.45, 7) is 13.1. The number of fused-ring (bicyclic) bond motifs is 2. The number of halogens is 1. The lowest BCUT2D eigenvalue weighted by Crippen LogP contribution is -2.37. The van der Waals surface area contributed by atoms with Crippen molar-refractivity contribution in [3.05, 3.63) is 82.0 Å². The molecule has 0 fully saturated rings. The van der Waals surface area contributed by atoms with Crippen LogP contribution in [0, 0.1) is 5.82 Å². The molecule has 36 heavy (non-hydrogen) atoms. The van der Waals surface area contributed by atoms with E-state index in [4.69, 9.17) is 13.9 Å². The monoisotopic (exact) mass is 494 g/mol. The Morgan fingerprint density at radius 3 is 2.56 bits per heavy atom. The minimum absolute atomic E-state index is 0.00593. The van der Waals surface area contributed by atoms with Gasteiger partial charge in [0.1, 0.15) is 18.0 Å². The van der Waals surface area contributed by atoms with Crippen molar-refractivity contribution in [1.29, 1.82) is 0 Å². The molecule has 1 aliphatic rings. The Bertz CT molecular complexity index is 1330. The lowest BCUT2D eigenvalue weighted by molar-refractivity contribution is 0.0708. The molecule has 2 aromatic carbocycles. The molecule has 0 radical (unpaired) electrons. The van der Waals surface area contributed by atoms with Crippen LogP contribution in [-0.4, -0.2) is 55.1 Å². The molecule has 1 aliphatic heterocycles. The number of rotatable bonds is 11. The van der Waals surface area contributed by atoms with Crippen LogP contribution in [0.1, 0.15) is 48.5 Å². The first-order valence-electron chi connectivity index (χ1n) is 12.2. The largest absolute Gasteiger partial charge is 0.490 e. The molecule has 0 spiro atoms. The summed E-state index contributed by atoms with van der Waals surface area (Å²) in [5.74, 6) is 0.116. The summed E-state index contributed by atoms with van der Waals surface area (Å²) in [5.41, 5.74) is 0.652. The van der Waals surface area contributed by atoms with Gasteiger partial charge in [-0.2, -0.15) is 0 Å². The van der Waals surface area contributed by atoms with E-state index in [0.717, 1.165) is 19.2 Å². The van der Waals surface area contributed by atoms with Crippen LogP contribution >= 0.6 is 0 Å². The predicted molar refractivity (Wildman–Crippen MR) is 136 cm³/mol. The van der Waals surface area contributed by atoms with Crippen LogP contribution in [0.15, 0.2) is 58.3 Å². The van der Waals surface area contributed by atoms with Gasteiger partial charge in [-0.05, 0) is 55.9 Å². The third-order valence-electron chi connectivity index (χ3n) is 6.42. The molecule has 190 valence electrons. The molecular weight excluding hydrogens is 463 g/mol. The zero-order chi connectivity index (χ0) is 25.8. The maximum Gasteiger partial charge on any atom is 0.290 e. The van der Waals surface area contributed by atoms with Gasteiger partial charge in [0.15, 0.2) is 16.9 Å². The molecule has 4 rings (SSSR count). The number of hydrogen-bond donors (Lipinski definition) is 0. The topological polar surface area (TPSA) is 72.2 Å². The maximum absolute atomic E-state index is 14.0. The van der Waals surface area contributed by atoms with Gasteiger partial charge in [0.25, 0.3) is 5.91 Å². The molecule has 1 unspecified atom stereocenters. The van der Waals surface area contributed by atoms with E-state index in [2.05, 4.69) is 25.3 Å². The fourth-order valence-electron chi connectivity index (χ4n) is 4.59. The van der Waals surface area contributed by atoms with Crippen molar-refractivity contribution in [1.82, 2.24) is 9.80 Å². The Hall–Kier alpha value is -3.65. The average molecular weight is 495 g/mol. The van der Waals surface area contributed by atoms with E-state index in [9.17, 15) is 14.0 Å².